The van der Waals surface area contributed by atoms with E-state index < -0.39 is 0 Å². The van der Waals surface area contributed by atoms with E-state index in [1.807, 2.05) is 6.07 Å². The number of aliphatic hydroxyl groups is 1. The van der Waals surface area contributed by atoms with Crippen LogP contribution in [0.1, 0.15) is 0 Å². The second-order valence-electron chi connectivity index (χ2n) is 2.65. The molecule has 0 saturated carbocycles. The fourth-order valence-electron chi connectivity index (χ4n) is 1.04. The van der Waals surface area contributed by atoms with E-state index in [1.54, 1.807) is 19.2 Å². The van der Waals surface area contributed by atoms with Gasteiger partial charge in [-0.05, 0) is 6.07 Å². The van der Waals surface area contributed by atoms with Gasteiger partial charge in [0, 0.05) is 30.1 Å². The molecule has 0 fully saturated rings. The van der Waals surface area contributed by atoms with E-state index in [4.69, 9.17) is 15.6 Å². The molecule has 1 aromatic carbocycles. The minimum absolute atomic E-state index is 0.0944. The number of anilines is 2. The Balaban J connectivity index is 2.76. The van der Waals surface area contributed by atoms with Crippen LogP contribution in [-0.2, 0) is 0 Å². The molecule has 0 saturated heterocycles. The lowest BCUT2D eigenvalue weighted by Gasteiger charge is -2.07. The fourth-order valence-corrected chi connectivity index (χ4v) is 1.04. The predicted molar refractivity (Wildman–Crippen MR) is 53.0 cm³/mol. The average molecular weight is 182 g/mol. The van der Waals surface area contributed by atoms with Crippen molar-refractivity contribution in [2.24, 2.45) is 0 Å². The first-order valence-corrected chi connectivity index (χ1v) is 4.05. The average Bonchev–Trinajstić information content (AvgIpc) is 2.14. The molecule has 72 valence electrons. The Morgan fingerprint density at radius 2 is 2.23 bits per heavy atom. The molecule has 0 bridgehead atoms. The molecule has 0 aromatic heterocycles. The summed E-state index contributed by atoms with van der Waals surface area (Å²) in [6.45, 7) is 0.601. The molecule has 13 heavy (non-hydrogen) atoms. The third-order valence-corrected chi connectivity index (χ3v) is 1.61. The molecule has 0 aliphatic carbocycles. The van der Waals surface area contributed by atoms with E-state index >= 15 is 0 Å². The zero-order valence-corrected chi connectivity index (χ0v) is 7.58. The summed E-state index contributed by atoms with van der Waals surface area (Å²) in [5.41, 5.74) is 7.12. The Kier molecular flexibility index (Phi) is 3.40. The van der Waals surface area contributed by atoms with E-state index in [-0.39, 0.29) is 6.61 Å². The summed E-state index contributed by atoms with van der Waals surface area (Å²) in [6, 6.07) is 5.36. The van der Waals surface area contributed by atoms with Crippen LogP contribution in [0.2, 0.25) is 0 Å². The fraction of sp³-hybridized carbons (Fsp3) is 0.333. The van der Waals surface area contributed by atoms with Gasteiger partial charge in [0.1, 0.15) is 5.75 Å². The van der Waals surface area contributed by atoms with Crippen molar-refractivity contribution in [3.63, 3.8) is 0 Å². The van der Waals surface area contributed by atoms with Gasteiger partial charge < -0.3 is 20.9 Å². The molecule has 0 radical (unpaired) electrons. The van der Waals surface area contributed by atoms with Crippen LogP contribution in [-0.4, -0.2) is 25.4 Å². The first-order valence-electron chi connectivity index (χ1n) is 4.05. The van der Waals surface area contributed by atoms with Crippen LogP contribution in [0.3, 0.4) is 0 Å². The Morgan fingerprint density at radius 1 is 1.46 bits per heavy atom. The monoisotopic (exact) mass is 182 g/mol. The molecular weight excluding hydrogens is 168 g/mol. The Labute approximate surface area is 77.3 Å². The van der Waals surface area contributed by atoms with E-state index in [9.17, 15) is 0 Å². The smallest absolute Gasteiger partial charge is 0.122 e. The number of rotatable bonds is 4. The van der Waals surface area contributed by atoms with E-state index in [1.165, 1.54) is 0 Å². The second kappa shape index (κ2) is 4.57. The lowest BCUT2D eigenvalue weighted by atomic mass is 10.2. The lowest BCUT2D eigenvalue weighted by Crippen LogP contribution is -2.05. The number of nitrogen functional groups attached to an aromatic ring is 1. The number of hydrogen-bond acceptors (Lipinski definition) is 4. The first-order chi connectivity index (χ1) is 6.26. The Bertz CT molecular complexity index is 276. The highest BCUT2D eigenvalue weighted by Crippen LogP contribution is 2.21. The summed E-state index contributed by atoms with van der Waals surface area (Å²) in [4.78, 5) is 0. The maximum absolute atomic E-state index is 8.60. The summed E-state index contributed by atoms with van der Waals surface area (Å²) >= 11 is 0. The zero-order valence-electron chi connectivity index (χ0n) is 7.58. The third-order valence-electron chi connectivity index (χ3n) is 1.61. The van der Waals surface area contributed by atoms with Crippen LogP contribution in [0.25, 0.3) is 0 Å². The van der Waals surface area contributed by atoms with Gasteiger partial charge in [-0.3, -0.25) is 0 Å². The number of methoxy groups -OCH3 is 1. The van der Waals surface area contributed by atoms with Crippen LogP contribution in [0, 0.1) is 0 Å². The maximum atomic E-state index is 8.60. The van der Waals surface area contributed by atoms with Gasteiger partial charge in [-0.25, -0.2) is 0 Å². The minimum atomic E-state index is 0.0944. The molecule has 4 nitrogen and oxygen atoms in total. The summed E-state index contributed by atoms with van der Waals surface area (Å²) < 4.78 is 5.03. The largest absolute Gasteiger partial charge is 0.497 e. The van der Waals surface area contributed by atoms with Crippen molar-refractivity contribution in [1.29, 1.82) is 0 Å². The van der Waals surface area contributed by atoms with Gasteiger partial charge in [-0.15, -0.1) is 0 Å². The van der Waals surface area contributed by atoms with Gasteiger partial charge >= 0.3 is 0 Å². The van der Waals surface area contributed by atoms with Crippen LogP contribution in [0.4, 0.5) is 11.4 Å². The number of ether oxygens (including phenoxy) is 1. The minimum Gasteiger partial charge on any atom is -0.497 e. The van der Waals surface area contributed by atoms with Crippen molar-refractivity contribution in [2.45, 2.75) is 0 Å². The summed E-state index contributed by atoms with van der Waals surface area (Å²) in [6.07, 6.45) is 0. The van der Waals surface area contributed by atoms with Crippen molar-refractivity contribution < 1.29 is 9.84 Å². The standard InChI is InChI=1S/C9H14N2O2/c1-13-9-5-7(10)4-8(6-9)11-2-3-12/h4-6,11-12H,2-3,10H2,1H3. The molecule has 0 heterocycles. The lowest BCUT2D eigenvalue weighted by molar-refractivity contribution is 0.311. The molecule has 0 aliphatic heterocycles. The topological polar surface area (TPSA) is 67.5 Å². The van der Waals surface area contributed by atoms with Gasteiger partial charge in [-0.2, -0.15) is 0 Å². The third kappa shape index (κ3) is 2.83. The van der Waals surface area contributed by atoms with Crippen LogP contribution in [0.5, 0.6) is 5.75 Å². The number of nitrogens with two attached hydrogens (primary N) is 1. The highest BCUT2D eigenvalue weighted by molar-refractivity contribution is 5.59. The predicted octanol–water partition coefficient (Wildman–Crippen LogP) is 0.682. The molecular formula is C9H14N2O2. The SMILES string of the molecule is COc1cc(N)cc(NCCO)c1. The van der Waals surface area contributed by atoms with E-state index in [0.29, 0.717) is 18.0 Å². The Hall–Kier alpha value is -1.42. The molecule has 0 amide bonds. The van der Waals surface area contributed by atoms with Crippen LogP contribution < -0.4 is 15.8 Å². The van der Waals surface area contributed by atoms with Crippen LogP contribution in [0.15, 0.2) is 18.2 Å². The van der Waals surface area contributed by atoms with Gasteiger partial charge in [-0.1, -0.05) is 0 Å². The van der Waals surface area contributed by atoms with Crippen LogP contribution >= 0.6 is 0 Å². The molecule has 0 unspecified atom stereocenters. The second-order valence-corrected chi connectivity index (χ2v) is 2.65. The molecule has 4 N–H and O–H groups in total. The Morgan fingerprint density at radius 3 is 2.85 bits per heavy atom. The summed E-state index contributed by atoms with van der Waals surface area (Å²) in [5, 5.41) is 11.6. The van der Waals surface area contributed by atoms with Gasteiger partial charge in [0.15, 0.2) is 0 Å². The molecule has 1 aromatic rings. The number of aliphatic hydroxyl groups excluding tert-OH is 1. The number of benzene rings is 1. The zero-order chi connectivity index (χ0) is 9.68. The van der Waals surface area contributed by atoms with Gasteiger partial charge in [0.25, 0.3) is 0 Å². The van der Waals surface area contributed by atoms with Gasteiger partial charge in [0.2, 0.25) is 0 Å². The maximum Gasteiger partial charge on any atom is 0.122 e. The normalized spacial score (nSPS) is 9.69. The van der Waals surface area contributed by atoms with Crippen molar-refractivity contribution in [1.82, 2.24) is 0 Å². The molecule has 0 aliphatic rings. The first kappa shape index (κ1) is 9.67. The summed E-state index contributed by atoms with van der Waals surface area (Å²) in [5.74, 6) is 0.709. The van der Waals surface area contributed by atoms with Crippen molar-refractivity contribution >= 4 is 11.4 Å². The van der Waals surface area contributed by atoms with Crippen molar-refractivity contribution in [3.05, 3.63) is 18.2 Å². The highest BCUT2D eigenvalue weighted by atomic mass is 16.5. The summed E-state index contributed by atoms with van der Waals surface area (Å²) in [7, 11) is 1.59. The quantitative estimate of drug-likeness (QED) is 0.599. The molecule has 0 atom stereocenters. The van der Waals surface area contributed by atoms with Crippen molar-refractivity contribution in [2.75, 3.05) is 31.3 Å². The molecule has 4 heteroatoms. The molecule has 1 rings (SSSR count). The number of nitrogens with one attached hydrogen (secondary N) is 1. The number of hydrogen-bond donors (Lipinski definition) is 3. The van der Waals surface area contributed by atoms with Gasteiger partial charge in [0.05, 0.1) is 13.7 Å². The van der Waals surface area contributed by atoms with Crippen molar-refractivity contribution in [3.8, 4) is 5.75 Å². The van der Waals surface area contributed by atoms with E-state index in [0.717, 1.165) is 5.69 Å². The molecule has 0 spiro atoms. The highest BCUT2D eigenvalue weighted by Gasteiger charge is 1.97. The van der Waals surface area contributed by atoms with E-state index in [2.05, 4.69) is 5.32 Å².